The number of hydrogen-bond donors (Lipinski definition) is 2. The number of amides is 2. The van der Waals surface area contributed by atoms with Crippen LogP contribution in [0.1, 0.15) is 56.6 Å². The van der Waals surface area contributed by atoms with Gasteiger partial charge in [-0.2, -0.15) is 0 Å². The van der Waals surface area contributed by atoms with Gasteiger partial charge < -0.3 is 20.1 Å². The summed E-state index contributed by atoms with van der Waals surface area (Å²) >= 11 is 0. The van der Waals surface area contributed by atoms with Crippen LogP contribution in [0.15, 0.2) is 48.5 Å². The van der Waals surface area contributed by atoms with E-state index in [-0.39, 0.29) is 30.5 Å². The van der Waals surface area contributed by atoms with Gasteiger partial charge in [-0.1, -0.05) is 48.5 Å². The average molecular weight is 463 g/mol. The summed E-state index contributed by atoms with van der Waals surface area (Å²) in [6.07, 6.45) is 1.92. The molecule has 3 aliphatic rings. The molecule has 2 fully saturated rings. The van der Waals surface area contributed by atoms with Crippen LogP contribution in [0.5, 0.6) is 0 Å². The zero-order valence-electron chi connectivity index (χ0n) is 19.5. The SMILES string of the molecule is CC(C)(NC(=O)OCC1c2ccccc2-c2ccccc21)C(=O)N1C2CCC1CC(C(=O)O)C2. The maximum absolute atomic E-state index is 13.4. The Bertz CT molecular complexity index is 1080. The van der Waals surface area contributed by atoms with Gasteiger partial charge in [0.15, 0.2) is 0 Å². The molecule has 2 aliphatic heterocycles. The van der Waals surface area contributed by atoms with Gasteiger partial charge in [-0.15, -0.1) is 0 Å². The monoisotopic (exact) mass is 462 g/mol. The lowest BCUT2D eigenvalue weighted by Crippen LogP contribution is -2.60. The van der Waals surface area contributed by atoms with E-state index < -0.39 is 23.5 Å². The number of carbonyl (C=O) groups excluding carboxylic acids is 2. The second-order valence-electron chi connectivity index (χ2n) is 10.2. The van der Waals surface area contributed by atoms with Crippen LogP contribution in [0.3, 0.4) is 0 Å². The predicted octanol–water partition coefficient (Wildman–Crippen LogP) is 4.16. The number of carboxylic acids is 1. The molecule has 34 heavy (non-hydrogen) atoms. The van der Waals surface area contributed by atoms with E-state index in [1.54, 1.807) is 13.8 Å². The molecule has 5 rings (SSSR count). The maximum Gasteiger partial charge on any atom is 0.408 e. The molecule has 2 saturated heterocycles. The zero-order valence-corrected chi connectivity index (χ0v) is 19.5. The molecule has 1 aliphatic carbocycles. The maximum atomic E-state index is 13.4. The number of piperidine rings is 1. The number of rotatable bonds is 5. The van der Waals surface area contributed by atoms with E-state index in [9.17, 15) is 19.5 Å². The molecule has 7 heteroatoms. The highest BCUT2D eigenvalue weighted by molar-refractivity contribution is 5.90. The Morgan fingerprint density at radius 2 is 1.50 bits per heavy atom. The van der Waals surface area contributed by atoms with Gasteiger partial charge in [-0.3, -0.25) is 9.59 Å². The first-order chi connectivity index (χ1) is 16.3. The van der Waals surface area contributed by atoms with Gasteiger partial charge in [-0.25, -0.2) is 4.79 Å². The summed E-state index contributed by atoms with van der Waals surface area (Å²) in [6, 6.07) is 16.1. The third-order valence-electron chi connectivity index (χ3n) is 7.61. The molecular weight excluding hydrogens is 432 g/mol. The number of nitrogens with one attached hydrogen (secondary N) is 1. The van der Waals surface area contributed by atoms with Crippen LogP contribution < -0.4 is 5.32 Å². The molecule has 2 N–H and O–H groups in total. The Labute approximate surface area is 199 Å². The Kier molecular flexibility index (Phi) is 5.58. The molecule has 2 atom stereocenters. The van der Waals surface area contributed by atoms with Crippen molar-refractivity contribution in [2.45, 2.75) is 63.1 Å². The standard InChI is InChI=1S/C27H30N2O5/c1-27(2,25(32)29-17-11-12-18(29)14-16(13-17)24(30)31)28-26(33)34-15-23-21-9-5-3-7-19(21)20-8-4-6-10-22(20)23/h3-10,16-18,23H,11-15H2,1-2H3,(H,28,33)(H,30,31). The quantitative estimate of drug-likeness (QED) is 0.696. The van der Waals surface area contributed by atoms with Crippen molar-refractivity contribution < 1.29 is 24.2 Å². The highest BCUT2D eigenvalue weighted by Gasteiger charge is 2.48. The third kappa shape index (κ3) is 3.83. The molecule has 0 aromatic heterocycles. The van der Waals surface area contributed by atoms with Gasteiger partial charge in [0, 0.05) is 18.0 Å². The predicted molar refractivity (Wildman–Crippen MR) is 126 cm³/mol. The fourth-order valence-corrected chi connectivity index (χ4v) is 5.98. The molecule has 0 saturated carbocycles. The fourth-order valence-electron chi connectivity index (χ4n) is 5.98. The zero-order chi connectivity index (χ0) is 24.0. The number of carbonyl (C=O) groups is 3. The Morgan fingerprint density at radius 1 is 0.971 bits per heavy atom. The highest BCUT2D eigenvalue weighted by Crippen LogP contribution is 2.44. The summed E-state index contributed by atoms with van der Waals surface area (Å²) in [5.41, 5.74) is 3.42. The van der Waals surface area contributed by atoms with E-state index in [0.717, 1.165) is 35.1 Å². The lowest BCUT2D eigenvalue weighted by Gasteiger charge is -2.41. The van der Waals surface area contributed by atoms with E-state index in [4.69, 9.17) is 4.74 Å². The van der Waals surface area contributed by atoms with E-state index in [1.807, 2.05) is 29.2 Å². The minimum atomic E-state index is -1.15. The van der Waals surface area contributed by atoms with Gasteiger partial charge in [-0.05, 0) is 61.8 Å². The second-order valence-corrected chi connectivity index (χ2v) is 10.2. The van der Waals surface area contributed by atoms with Crippen LogP contribution in [0, 0.1) is 5.92 Å². The van der Waals surface area contributed by atoms with Crippen molar-refractivity contribution in [3.63, 3.8) is 0 Å². The van der Waals surface area contributed by atoms with Gasteiger partial charge in [0.05, 0.1) is 5.92 Å². The molecule has 2 aromatic carbocycles. The smallest absolute Gasteiger partial charge is 0.408 e. The number of fused-ring (bicyclic) bond motifs is 5. The van der Waals surface area contributed by atoms with E-state index in [1.165, 1.54) is 0 Å². The largest absolute Gasteiger partial charge is 0.481 e. The van der Waals surface area contributed by atoms with Gasteiger partial charge in [0.1, 0.15) is 12.1 Å². The van der Waals surface area contributed by atoms with Crippen molar-refractivity contribution in [1.29, 1.82) is 0 Å². The van der Waals surface area contributed by atoms with Gasteiger partial charge >= 0.3 is 12.1 Å². The highest BCUT2D eigenvalue weighted by atomic mass is 16.5. The van der Waals surface area contributed by atoms with Crippen molar-refractivity contribution in [2.75, 3.05) is 6.61 Å². The normalized spacial score (nSPS) is 23.2. The van der Waals surface area contributed by atoms with Crippen molar-refractivity contribution in [3.05, 3.63) is 59.7 Å². The summed E-state index contributed by atoms with van der Waals surface area (Å²) in [7, 11) is 0. The number of nitrogens with zero attached hydrogens (tertiary/aromatic N) is 1. The number of alkyl carbamates (subject to hydrolysis) is 1. The van der Waals surface area contributed by atoms with E-state index in [2.05, 4.69) is 29.6 Å². The van der Waals surface area contributed by atoms with Gasteiger partial charge in [0.25, 0.3) is 0 Å². The van der Waals surface area contributed by atoms with Crippen molar-refractivity contribution >= 4 is 18.0 Å². The van der Waals surface area contributed by atoms with Crippen LogP contribution in [0.25, 0.3) is 11.1 Å². The molecule has 178 valence electrons. The first-order valence-corrected chi connectivity index (χ1v) is 11.9. The summed E-state index contributed by atoms with van der Waals surface area (Å²) in [6.45, 7) is 3.54. The van der Waals surface area contributed by atoms with Crippen LogP contribution in [0.4, 0.5) is 4.79 Å². The molecule has 2 amide bonds. The summed E-state index contributed by atoms with van der Waals surface area (Å²) in [4.78, 5) is 39.4. The number of hydrogen-bond acceptors (Lipinski definition) is 4. The van der Waals surface area contributed by atoms with Gasteiger partial charge in [0.2, 0.25) is 5.91 Å². The van der Waals surface area contributed by atoms with Crippen LogP contribution in [-0.4, -0.2) is 52.2 Å². The molecule has 7 nitrogen and oxygen atoms in total. The summed E-state index contributed by atoms with van der Waals surface area (Å²) in [5, 5.41) is 12.2. The summed E-state index contributed by atoms with van der Waals surface area (Å²) < 4.78 is 5.63. The molecular formula is C27H30N2O5. The second kappa shape index (κ2) is 8.46. The molecule has 2 heterocycles. The first-order valence-electron chi connectivity index (χ1n) is 11.9. The van der Waals surface area contributed by atoms with E-state index in [0.29, 0.717) is 12.8 Å². The van der Waals surface area contributed by atoms with Crippen LogP contribution >= 0.6 is 0 Å². The lowest BCUT2D eigenvalue weighted by atomic mass is 9.89. The molecule has 0 radical (unpaired) electrons. The lowest BCUT2D eigenvalue weighted by molar-refractivity contribution is -0.150. The third-order valence-corrected chi connectivity index (χ3v) is 7.61. The molecule has 0 spiro atoms. The molecule has 2 bridgehead atoms. The molecule has 2 aromatic rings. The Balaban J connectivity index is 1.24. The average Bonchev–Trinajstić information content (AvgIpc) is 3.27. The number of benzene rings is 2. The fraction of sp³-hybridized carbons (Fsp3) is 0.444. The van der Waals surface area contributed by atoms with Crippen molar-refractivity contribution in [2.24, 2.45) is 5.92 Å². The van der Waals surface area contributed by atoms with Crippen LogP contribution in [-0.2, 0) is 14.3 Å². The van der Waals surface area contributed by atoms with E-state index >= 15 is 0 Å². The Hall–Kier alpha value is -3.35. The minimum absolute atomic E-state index is 0.0529. The summed E-state index contributed by atoms with van der Waals surface area (Å²) in [5.74, 6) is -1.43. The minimum Gasteiger partial charge on any atom is -0.481 e. The number of aliphatic carboxylic acids is 1. The first kappa shape index (κ1) is 22.4. The topological polar surface area (TPSA) is 95.9 Å². The van der Waals surface area contributed by atoms with Crippen LogP contribution in [0.2, 0.25) is 0 Å². The van der Waals surface area contributed by atoms with Crippen molar-refractivity contribution in [1.82, 2.24) is 10.2 Å². The van der Waals surface area contributed by atoms with Crippen molar-refractivity contribution in [3.8, 4) is 11.1 Å². The number of carboxylic acid groups (broad SMARTS) is 1. The Morgan fingerprint density at radius 3 is 2.03 bits per heavy atom. The molecule has 2 unspecified atom stereocenters. The number of ether oxygens (including phenoxy) is 1.